The molecule has 0 bridgehead atoms. The van der Waals surface area contributed by atoms with E-state index < -0.39 is 0 Å². The number of hydrogen-bond acceptors (Lipinski definition) is 6. The summed E-state index contributed by atoms with van der Waals surface area (Å²) in [5, 5.41) is 8.93. The van der Waals surface area contributed by atoms with Crippen molar-refractivity contribution in [3.8, 4) is 0 Å². The molecule has 2 heterocycles. The van der Waals surface area contributed by atoms with Crippen molar-refractivity contribution < 1.29 is 0 Å². The van der Waals surface area contributed by atoms with Gasteiger partial charge in [0.1, 0.15) is 6.33 Å². The first-order valence-corrected chi connectivity index (χ1v) is 6.69. The zero-order valence-corrected chi connectivity index (χ0v) is 10.9. The molecule has 0 aromatic carbocycles. The lowest BCUT2D eigenvalue weighted by atomic mass is 10.3. The Balaban J connectivity index is 1.61. The maximum atomic E-state index is 4.32. The van der Waals surface area contributed by atoms with E-state index in [9.17, 15) is 0 Å². The molecule has 2 aromatic heterocycles. The maximum absolute atomic E-state index is 4.32. The first-order chi connectivity index (χ1) is 8.81. The molecule has 18 heavy (non-hydrogen) atoms. The molecular formula is C11H14N6S. The predicted octanol–water partition coefficient (Wildman–Crippen LogP) is 1.01. The Hall–Kier alpha value is -1.47. The molecule has 3 rings (SSSR count). The molecule has 94 valence electrons. The van der Waals surface area contributed by atoms with Crippen LogP contribution in [0.5, 0.6) is 0 Å². The van der Waals surface area contributed by atoms with Crippen molar-refractivity contribution in [2.24, 2.45) is 7.05 Å². The summed E-state index contributed by atoms with van der Waals surface area (Å²) in [7, 11) is 1.85. The number of nitrogens with zero attached hydrogens (tertiary/aromatic N) is 5. The van der Waals surface area contributed by atoms with E-state index in [4.69, 9.17) is 0 Å². The number of aromatic nitrogens is 5. The normalized spacial score (nSPS) is 14.9. The van der Waals surface area contributed by atoms with Crippen LogP contribution in [0.15, 0.2) is 29.0 Å². The van der Waals surface area contributed by atoms with E-state index in [0.29, 0.717) is 11.2 Å². The van der Waals surface area contributed by atoms with Gasteiger partial charge in [-0.25, -0.2) is 19.6 Å². The van der Waals surface area contributed by atoms with E-state index in [-0.39, 0.29) is 0 Å². The molecule has 0 saturated heterocycles. The molecule has 6 nitrogen and oxygen atoms in total. The Morgan fingerprint density at radius 1 is 1.33 bits per heavy atom. The van der Waals surface area contributed by atoms with Gasteiger partial charge in [-0.2, -0.15) is 5.10 Å². The third-order valence-corrected chi connectivity index (χ3v) is 3.65. The van der Waals surface area contributed by atoms with Gasteiger partial charge in [0, 0.05) is 37.6 Å². The topological polar surface area (TPSA) is 68.5 Å². The molecule has 0 atom stereocenters. The van der Waals surface area contributed by atoms with E-state index in [2.05, 4.69) is 25.4 Å². The van der Waals surface area contributed by atoms with Crippen molar-refractivity contribution >= 4 is 11.8 Å². The molecular weight excluding hydrogens is 248 g/mol. The predicted molar refractivity (Wildman–Crippen MR) is 67.0 cm³/mol. The lowest BCUT2D eigenvalue weighted by molar-refractivity contribution is 0.676. The highest BCUT2D eigenvalue weighted by atomic mass is 32.2. The Kier molecular flexibility index (Phi) is 3.24. The van der Waals surface area contributed by atoms with Gasteiger partial charge in [0.15, 0.2) is 10.3 Å². The molecule has 0 amide bonds. The Labute approximate surface area is 109 Å². The van der Waals surface area contributed by atoms with Gasteiger partial charge in [-0.1, -0.05) is 0 Å². The van der Waals surface area contributed by atoms with Gasteiger partial charge in [0.05, 0.1) is 0 Å². The summed E-state index contributed by atoms with van der Waals surface area (Å²) in [5.41, 5.74) is 1.12. The average molecular weight is 262 g/mol. The van der Waals surface area contributed by atoms with Crippen molar-refractivity contribution in [3.63, 3.8) is 0 Å². The summed E-state index contributed by atoms with van der Waals surface area (Å²) >= 11 is 1.41. The third-order valence-electron chi connectivity index (χ3n) is 2.71. The van der Waals surface area contributed by atoms with Gasteiger partial charge >= 0.3 is 0 Å². The van der Waals surface area contributed by atoms with Crippen LogP contribution in [0.1, 0.15) is 18.4 Å². The smallest absolute Gasteiger partial charge is 0.195 e. The molecule has 1 saturated carbocycles. The van der Waals surface area contributed by atoms with Gasteiger partial charge < -0.3 is 5.32 Å². The molecule has 0 spiro atoms. The zero-order valence-electron chi connectivity index (χ0n) is 10.1. The molecule has 1 N–H and O–H groups in total. The Bertz CT molecular complexity index is 519. The molecule has 0 unspecified atom stereocenters. The lowest BCUT2D eigenvalue weighted by Gasteiger charge is -2.03. The minimum Gasteiger partial charge on any atom is -0.310 e. The minimum absolute atomic E-state index is 0.696. The number of rotatable bonds is 5. The third kappa shape index (κ3) is 2.85. The van der Waals surface area contributed by atoms with Crippen LogP contribution < -0.4 is 5.32 Å². The first kappa shape index (κ1) is 11.6. The van der Waals surface area contributed by atoms with E-state index in [1.807, 2.05) is 19.4 Å². The van der Waals surface area contributed by atoms with Crippen LogP contribution in [0.4, 0.5) is 0 Å². The highest BCUT2D eigenvalue weighted by molar-refractivity contribution is 7.99. The van der Waals surface area contributed by atoms with Crippen molar-refractivity contribution in [1.82, 2.24) is 30.0 Å². The Morgan fingerprint density at radius 2 is 2.11 bits per heavy atom. The molecule has 0 aliphatic heterocycles. The van der Waals surface area contributed by atoms with Gasteiger partial charge in [-0.05, 0) is 24.6 Å². The van der Waals surface area contributed by atoms with Crippen molar-refractivity contribution in [3.05, 3.63) is 24.3 Å². The summed E-state index contributed by atoms with van der Waals surface area (Å²) < 4.78 is 1.70. The van der Waals surface area contributed by atoms with Crippen LogP contribution in [-0.4, -0.2) is 30.8 Å². The Morgan fingerprint density at radius 3 is 2.72 bits per heavy atom. The van der Waals surface area contributed by atoms with Gasteiger partial charge in [-0.15, -0.1) is 0 Å². The summed E-state index contributed by atoms with van der Waals surface area (Å²) in [4.78, 5) is 12.8. The largest absolute Gasteiger partial charge is 0.310 e. The van der Waals surface area contributed by atoms with E-state index in [0.717, 1.165) is 17.3 Å². The molecule has 1 aliphatic rings. The number of aryl methyl sites for hydroxylation is 1. The van der Waals surface area contributed by atoms with Gasteiger partial charge in [0.25, 0.3) is 0 Å². The fourth-order valence-corrected chi connectivity index (χ4v) is 2.15. The molecule has 1 aliphatic carbocycles. The van der Waals surface area contributed by atoms with Crippen LogP contribution in [0.2, 0.25) is 0 Å². The fourth-order valence-electron chi connectivity index (χ4n) is 1.50. The highest BCUT2D eigenvalue weighted by Gasteiger charge is 2.19. The van der Waals surface area contributed by atoms with Crippen LogP contribution in [0, 0.1) is 0 Å². The summed E-state index contributed by atoms with van der Waals surface area (Å²) in [6.45, 7) is 0.847. The summed E-state index contributed by atoms with van der Waals surface area (Å²) in [6, 6.07) is 0.706. The fraction of sp³-hybridized carbons (Fsp3) is 0.455. The molecule has 0 radical (unpaired) electrons. The number of nitrogens with one attached hydrogen (secondary N) is 1. The zero-order chi connectivity index (χ0) is 12.4. The van der Waals surface area contributed by atoms with Gasteiger partial charge in [0.2, 0.25) is 0 Å². The minimum atomic E-state index is 0.696. The second-order valence-electron chi connectivity index (χ2n) is 4.30. The van der Waals surface area contributed by atoms with E-state index in [1.54, 1.807) is 4.68 Å². The monoisotopic (exact) mass is 262 g/mol. The highest BCUT2D eigenvalue weighted by Crippen LogP contribution is 2.21. The van der Waals surface area contributed by atoms with Crippen LogP contribution in [0.3, 0.4) is 0 Å². The van der Waals surface area contributed by atoms with Crippen LogP contribution >= 0.6 is 11.8 Å². The van der Waals surface area contributed by atoms with E-state index >= 15 is 0 Å². The van der Waals surface area contributed by atoms with Gasteiger partial charge in [-0.3, -0.25) is 0 Å². The standard InChI is InChI=1S/C11H14N6S/c1-17-11(15-7-16-17)18-10-13-5-8(6-14-10)4-12-9-2-3-9/h5-7,9,12H,2-4H2,1H3. The average Bonchev–Trinajstić information content (AvgIpc) is 3.13. The van der Waals surface area contributed by atoms with Crippen molar-refractivity contribution in [2.75, 3.05) is 0 Å². The second-order valence-corrected chi connectivity index (χ2v) is 5.23. The van der Waals surface area contributed by atoms with Crippen molar-refractivity contribution in [2.45, 2.75) is 35.7 Å². The van der Waals surface area contributed by atoms with Crippen LogP contribution in [0.25, 0.3) is 0 Å². The van der Waals surface area contributed by atoms with Crippen LogP contribution in [-0.2, 0) is 13.6 Å². The molecule has 2 aromatic rings. The SMILES string of the molecule is Cn1ncnc1Sc1ncc(CNC2CC2)cn1. The first-order valence-electron chi connectivity index (χ1n) is 5.87. The van der Waals surface area contributed by atoms with E-state index in [1.165, 1.54) is 30.9 Å². The second kappa shape index (κ2) is 5.03. The number of hydrogen-bond donors (Lipinski definition) is 1. The maximum Gasteiger partial charge on any atom is 0.195 e. The molecule has 7 heteroatoms. The quantitative estimate of drug-likeness (QED) is 0.811. The lowest BCUT2D eigenvalue weighted by Crippen LogP contribution is -2.15. The molecule has 1 fully saturated rings. The summed E-state index contributed by atoms with van der Waals surface area (Å²) in [6.07, 6.45) is 7.83. The van der Waals surface area contributed by atoms with Crippen molar-refractivity contribution in [1.29, 1.82) is 0 Å². The summed E-state index contributed by atoms with van der Waals surface area (Å²) in [5.74, 6) is 0.